The molecule has 0 amide bonds. The predicted octanol–water partition coefficient (Wildman–Crippen LogP) is 7.45. The predicted molar refractivity (Wildman–Crippen MR) is 125 cm³/mol. The molecule has 0 aromatic rings. The molecule has 0 aromatic heterocycles. The van der Waals surface area contributed by atoms with E-state index < -0.39 is 10.1 Å². The summed E-state index contributed by atoms with van der Waals surface area (Å²) >= 11 is 0. The molecule has 1 atom stereocenters. The van der Waals surface area contributed by atoms with Crippen LogP contribution in [0.1, 0.15) is 142 Å². The van der Waals surface area contributed by atoms with Crippen LogP contribution in [0.3, 0.4) is 0 Å². The minimum absolute atomic E-state index is 0.120. The van der Waals surface area contributed by atoms with E-state index in [1.807, 2.05) is 0 Å². The van der Waals surface area contributed by atoms with E-state index in [1.165, 1.54) is 77.0 Å². The summed E-state index contributed by atoms with van der Waals surface area (Å²) in [5, 5.41) is 10.1. The number of hydrogen-bond acceptors (Lipinski definition) is 3. The van der Waals surface area contributed by atoms with E-state index in [0.29, 0.717) is 6.42 Å². The zero-order valence-corrected chi connectivity index (χ0v) is 20.1. The van der Waals surface area contributed by atoms with E-state index in [4.69, 9.17) is 4.55 Å². The second-order valence-corrected chi connectivity index (χ2v) is 10.5. The van der Waals surface area contributed by atoms with Crippen LogP contribution in [0.4, 0.5) is 0 Å². The lowest BCUT2D eigenvalue weighted by molar-refractivity contribution is 0.147. The molecule has 0 aliphatic carbocycles. The fourth-order valence-corrected chi connectivity index (χ4v) is 4.48. The molecule has 0 heterocycles. The maximum Gasteiger partial charge on any atom is 0.264 e. The fraction of sp³-hybridized carbons (Fsp3) is 1.00. The Morgan fingerprint density at radius 3 is 1.21 bits per heavy atom. The maximum atomic E-state index is 10.6. The average molecular weight is 435 g/mol. The molecule has 0 rings (SSSR count). The third-order valence-corrected chi connectivity index (χ3v) is 6.64. The van der Waals surface area contributed by atoms with Gasteiger partial charge in [-0.2, -0.15) is 8.42 Å². The Kier molecular flexibility index (Phi) is 21.0. The summed E-state index contributed by atoms with van der Waals surface area (Å²) in [5.41, 5.74) is 0. The van der Waals surface area contributed by atoms with Crippen LogP contribution < -0.4 is 0 Å². The highest BCUT2D eigenvalue weighted by Crippen LogP contribution is 2.15. The molecule has 0 fully saturated rings. The van der Waals surface area contributed by atoms with Gasteiger partial charge in [-0.1, -0.05) is 122 Å². The Morgan fingerprint density at radius 1 is 0.552 bits per heavy atom. The van der Waals surface area contributed by atoms with Gasteiger partial charge in [-0.15, -0.1) is 0 Å². The Hall–Kier alpha value is -0.130. The summed E-state index contributed by atoms with van der Waals surface area (Å²) in [6.07, 6.45) is 25.0. The van der Waals surface area contributed by atoms with E-state index in [1.54, 1.807) is 0 Å². The zero-order chi connectivity index (χ0) is 21.6. The molecule has 0 spiro atoms. The third kappa shape index (κ3) is 25.8. The third-order valence-electron chi connectivity index (χ3n) is 5.83. The van der Waals surface area contributed by atoms with Gasteiger partial charge >= 0.3 is 0 Å². The highest BCUT2D eigenvalue weighted by molar-refractivity contribution is 7.85. The van der Waals surface area contributed by atoms with Gasteiger partial charge in [-0.3, -0.25) is 4.55 Å². The van der Waals surface area contributed by atoms with Crippen LogP contribution in [0.15, 0.2) is 0 Å². The van der Waals surface area contributed by atoms with Crippen molar-refractivity contribution in [1.29, 1.82) is 0 Å². The molecule has 0 aliphatic rings. The van der Waals surface area contributed by atoms with Crippen LogP contribution in [0.2, 0.25) is 0 Å². The maximum absolute atomic E-state index is 10.6. The summed E-state index contributed by atoms with van der Waals surface area (Å²) in [4.78, 5) is 0. The van der Waals surface area contributed by atoms with E-state index in [0.717, 1.165) is 51.4 Å². The first kappa shape index (κ1) is 28.9. The van der Waals surface area contributed by atoms with Crippen LogP contribution >= 0.6 is 0 Å². The van der Waals surface area contributed by atoms with Gasteiger partial charge in [0.2, 0.25) is 0 Å². The molecule has 0 radical (unpaired) electrons. The Balaban J connectivity index is 3.19. The first-order valence-corrected chi connectivity index (χ1v) is 14.2. The molecule has 1 unspecified atom stereocenters. The molecule has 176 valence electrons. The van der Waals surface area contributed by atoms with Gasteiger partial charge < -0.3 is 5.11 Å². The van der Waals surface area contributed by atoms with Crippen LogP contribution in [-0.4, -0.2) is 29.9 Å². The lowest BCUT2D eigenvalue weighted by Gasteiger charge is -2.10. The average Bonchev–Trinajstić information content (AvgIpc) is 2.66. The first-order chi connectivity index (χ1) is 14.0. The van der Waals surface area contributed by atoms with Gasteiger partial charge in [0.1, 0.15) is 0 Å². The van der Waals surface area contributed by atoms with Gasteiger partial charge in [0.05, 0.1) is 11.9 Å². The highest BCUT2D eigenvalue weighted by atomic mass is 32.2. The van der Waals surface area contributed by atoms with E-state index in [9.17, 15) is 13.5 Å². The van der Waals surface area contributed by atoms with E-state index in [-0.39, 0.29) is 11.9 Å². The smallest absolute Gasteiger partial charge is 0.264 e. The molecule has 0 saturated heterocycles. The summed E-state index contributed by atoms with van der Waals surface area (Å²) < 4.78 is 29.9. The molecule has 4 nitrogen and oxygen atoms in total. The Bertz CT molecular complexity index is 423. The normalized spacial score (nSPS) is 13.1. The molecule has 0 saturated carbocycles. The summed E-state index contributed by atoms with van der Waals surface area (Å²) in [5.74, 6) is -0.120. The van der Waals surface area contributed by atoms with Gasteiger partial charge in [0.15, 0.2) is 0 Å². The summed E-state index contributed by atoms with van der Waals surface area (Å²) in [6, 6.07) is 0. The molecule has 0 aromatic carbocycles. The lowest BCUT2D eigenvalue weighted by atomic mass is 10.0. The number of hydrogen-bond donors (Lipinski definition) is 2. The van der Waals surface area contributed by atoms with Crippen molar-refractivity contribution in [2.45, 2.75) is 148 Å². The monoisotopic (exact) mass is 434 g/mol. The topological polar surface area (TPSA) is 74.6 Å². The van der Waals surface area contributed by atoms with Crippen molar-refractivity contribution in [1.82, 2.24) is 0 Å². The first-order valence-electron chi connectivity index (χ1n) is 12.6. The van der Waals surface area contributed by atoms with Crippen LogP contribution in [0.5, 0.6) is 0 Å². The molecular formula is C24H50O4S. The van der Waals surface area contributed by atoms with Crippen molar-refractivity contribution >= 4 is 10.1 Å². The minimum atomic E-state index is -3.79. The standard InChI is InChI=1S/C24H50O4S/c1-2-3-4-5-6-7-8-9-10-11-12-15-18-21-24(25)22-19-16-13-14-17-20-23-29(26,27)28/h24-25H,2-23H2,1H3,(H,26,27,28). The second kappa shape index (κ2) is 21.1. The van der Waals surface area contributed by atoms with Crippen molar-refractivity contribution in [2.75, 3.05) is 5.75 Å². The van der Waals surface area contributed by atoms with Gasteiger partial charge in [0, 0.05) is 0 Å². The molecule has 29 heavy (non-hydrogen) atoms. The SMILES string of the molecule is CCCCCCCCCCCCCCCC(O)CCCCCCCCS(=O)(=O)O. The van der Waals surface area contributed by atoms with Crippen molar-refractivity contribution in [3.05, 3.63) is 0 Å². The van der Waals surface area contributed by atoms with Crippen LogP contribution in [0.25, 0.3) is 0 Å². The minimum Gasteiger partial charge on any atom is -0.393 e. The Morgan fingerprint density at radius 2 is 0.862 bits per heavy atom. The van der Waals surface area contributed by atoms with Crippen molar-refractivity contribution in [3.8, 4) is 0 Å². The van der Waals surface area contributed by atoms with Crippen molar-refractivity contribution in [3.63, 3.8) is 0 Å². The number of unbranched alkanes of at least 4 members (excludes halogenated alkanes) is 17. The number of aliphatic hydroxyl groups excluding tert-OH is 1. The summed E-state index contributed by atoms with van der Waals surface area (Å²) in [7, 11) is -3.79. The zero-order valence-electron chi connectivity index (χ0n) is 19.3. The van der Waals surface area contributed by atoms with Crippen LogP contribution in [-0.2, 0) is 10.1 Å². The molecular weight excluding hydrogens is 384 g/mol. The number of rotatable bonds is 23. The van der Waals surface area contributed by atoms with Crippen molar-refractivity contribution in [2.24, 2.45) is 0 Å². The Labute approximate surface area is 182 Å². The van der Waals surface area contributed by atoms with Gasteiger partial charge in [-0.05, 0) is 19.3 Å². The molecule has 5 heteroatoms. The van der Waals surface area contributed by atoms with E-state index in [2.05, 4.69) is 6.92 Å². The largest absolute Gasteiger partial charge is 0.393 e. The van der Waals surface area contributed by atoms with Crippen molar-refractivity contribution < 1.29 is 18.1 Å². The number of aliphatic hydroxyl groups is 1. The lowest BCUT2D eigenvalue weighted by Crippen LogP contribution is -2.06. The van der Waals surface area contributed by atoms with Gasteiger partial charge in [0.25, 0.3) is 10.1 Å². The quantitative estimate of drug-likeness (QED) is 0.129. The highest BCUT2D eigenvalue weighted by Gasteiger charge is 2.05. The molecule has 2 N–H and O–H groups in total. The van der Waals surface area contributed by atoms with Gasteiger partial charge in [-0.25, -0.2) is 0 Å². The summed E-state index contributed by atoms with van der Waals surface area (Å²) in [6.45, 7) is 2.27. The van der Waals surface area contributed by atoms with E-state index >= 15 is 0 Å². The fourth-order valence-electron chi connectivity index (χ4n) is 3.91. The van der Waals surface area contributed by atoms with Crippen LogP contribution in [0, 0.1) is 0 Å². The second-order valence-electron chi connectivity index (χ2n) is 8.88. The molecule has 0 aliphatic heterocycles. The molecule has 0 bridgehead atoms.